The maximum absolute atomic E-state index is 11.9. The third-order valence-electron chi connectivity index (χ3n) is 2.89. The van der Waals surface area contributed by atoms with Crippen LogP contribution in [0.15, 0.2) is 34.9 Å². The standard InChI is InChI=1S/C14H14BrN3O3/c1-18-12(15)7-11(17-18)14(21)16-8-10-4-2-9(3-5-10)6-13(19)20/h2-5,7H,6,8H2,1H3,(H,16,21)(H,19,20). The molecule has 110 valence electrons. The summed E-state index contributed by atoms with van der Waals surface area (Å²) in [4.78, 5) is 22.5. The zero-order chi connectivity index (χ0) is 15.4. The normalized spacial score (nSPS) is 10.4. The Morgan fingerprint density at radius 2 is 1.90 bits per heavy atom. The molecule has 2 N–H and O–H groups in total. The van der Waals surface area contributed by atoms with E-state index >= 15 is 0 Å². The van der Waals surface area contributed by atoms with Crippen molar-refractivity contribution >= 4 is 27.8 Å². The first kappa shape index (κ1) is 15.2. The quantitative estimate of drug-likeness (QED) is 0.859. The number of nitrogens with one attached hydrogen (secondary N) is 1. The smallest absolute Gasteiger partial charge is 0.307 e. The van der Waals surface area contributed by atoms with Crippen molar-refractivity contribution in [1.82, 2.24) is 15.1 Å². The highest BCUT2D eigenvalue weighted by atomic mass is 79.9. The van der Waals surface area contributed by atoms with Crippen LogP contribution < -0.4 is 5.32 Å². The molecular weight excluding hydrogens is 338 g/mol. The molecule has 0 atom stereocenters. The number of rotatable bonds is 5. The van der Waals surface area contributed by atoms with Crippen LogP contribution in [-0.2, 0) is 24.8 Å². The second-order valence-corrected chi connectivity index (χ2v) is 5.36. The van der Waals surface area contributed by atoms with Crippen molar-refractivity contribution in [2.75, 3.05) is 0 Å². The lowest BCUT2D eigenvalue weighted by Gasteiger charge is -2.04. The van der Waals surface area contributed by atoms with Gasteiger partial charge in [0.2, 0.25) is 0 Å². The highest BCUT2D eigenvalue weighted by Crippen LogP contribution is 2.10. The van der Waals surface area contributed by atoms with Crippen molar-refractivity contribution in [3.05, 3.63) is 51.8 Å². The summed E-state index contributed by atoms with van der Waals surface area (Å²) in [6.45, 7) is 0.361. The Hall–Kier alpha value is -2.15. The van der Waals surface area contributed by atoms with Gasteiger partial charge in [0, 0.05) is 19.7 Å². The zero-order valence-corrected chi connectivity index (χ0v) is 12.9. The second-order valence-electron chi connectivity index (χ2n) is 4.55. The van der Waals surface area contributed by atoms with Gasteiger partial charge in [0.1, 0.15) is 4.60 Å². The molecule has 1 aromatic heterocycles. The van der Waals surface area contributed by atoms with Crippen LogP contribution >= 0.6 is 15.9 Å². The molecule has 1 heterocycles. The summed E-state index contributed by atoms with van der Waals surface area (Å²) in [6, 6.07) is 8.73. The lowest BCUT2D eigenvalue weighted by Crippen LogP contribution is -2.23. The van der Waals surface area contributed by atoms with Crippen molar-refractivity contribution in [2.24, 2.45) is 7.05 Å². The van der Waals surface area contributed by atoms with Crippen LogP contribution in [0, 0.1) is 0 Å². The second kappa shape index (κ2) is 6.53. The van der Waals surface area contributed by atoms with Gasteiger partial charge in [0.25, 0.3) is 5.91 Å². The Morgan fingerprint density at radius 1 is 1.29 bits per heavy atom. The van der Waals surface area contributed by atoms with Gasteiger partial charge in [-0.05, 0) is 27.1 Å². The van der Waals surface area contributed by atoms with E-state index in [2.05, 4.69) is 26.3 Å². The van der Waals surface area contributed by atoms with Gasteiger partial charge >= 0.3 is 5.97 Å². The minimum absolute atomic E-state index is 0.00536. The largest absolute Gasteiger partial charge is 0.481 e. The van der Waals surface area contributed by atoms with Crippen LogP contribution in [0.5, 0.6) is 0 Å². The van der Waals surface area contributed by atoms with Gasteiger partial charge in [-0.1, -0.05) is 24.3 Å². The summed E-state index contributed by atoms with van der Waals surface area (Å²) in [6.07, 6.45) is -0.00536. The molecule has 0 saturated heterocycles. The number of aliphatic carboxylic acids is 1. The summed E-state index contributed by atoms with van der Waals surface area (Å²) in [5, 5.41) is 15.5. The van der Waals surface area contributed by atoms with Gasteiger partial charge in [-0.3, -0.25) is 14.3 Å². The number of hydrogen-bond donors (Lipinski definition) is 2. The molecule has 0 saturated carbocycles. The lowest BCUT2D eigenvalue weighted by molar-refractivity contribution is -0.136. The summed E-state index contributed by atoms with van der Waals surface area (Å²) in [5.74, 6) is -1.12. The van der Waals surface area contributed by atoms with Crippen molar-refractivity contribution in [3.8, 4) is 0 Å². The van der Waals surface area contributed by atoms with Gasteiger partial charge in [-0.15, -0.1) is 0 Å². The zero-order valence-electron chi connectivity index (χ0n) is 11.3. The molecule has 0 aliphatic heterocycles. The van der Waals surface area contributed by atoms with Crippen molar-refractivity contribution < 1.29 is 14.7 Å². The Balaban J connectivity index is 1.93. The molecule has 2 aromatic rings. The number of aromatic nitrogens is 2. The highest BCUT2D eigenvalue weighted by Gasteiger charge is 2.11. The molecule has 7 heteroatoms. The average molecular weight is 352 g/mol. The number of carboxylic acids is 1. The molecule has 2 rings (SSSR count). The maximum Gasteiger partial charge on any atom is 0.307 e. The summed E-state index contributed by atoms with van der Waals surface area (Å²) < 4.78 is 2.29. The molecule has 0 fully saturated rings. The van der Waals surface area contributed by atoms with Crippen molar-refractivity contribution in [2.45, 2.75) is 13.0 Å². The number of halogens is 1. The molecule has 0 bridgehead atoms. The molecule has 6 nitrogen and oxygen atoms in total. The summed E-state index contributed by atoms with van der Waals surface area (Å²) in [7, 11) is 1.74. The molecule has 1 amide bonds. The first-order valence-electron chi connectivity index (χ1n) is 6.23. The molecule has 0 unspecified atom stereocenters. The Labute approximate surface area is 129 Å². The fourth-order valence-electron chi connectivity index (χ4n) is 1.78. The number of nitrogens with zero attached hydrogens (tertiary/aromatic N) is 2. The van der Waals surface area contributed by atoms with Crippen LogP contribution in [0.25, 0.3) is 0 Å². The predicted molar refractivity (Wildman–Crippen MR) is 79.9 cm³/mol. The monoisotopic (exact) mass is 351 g/mol. The van der Waals surface area contributed by atoms with Crippen LogP contribution in [0.1, 0.15) is 21.6 Å². The minimum Gasteiger partial charge on any atom is -0.481 e. The predicted octanol–water partition coefficient (Wildman–Crippen LogP) is 1.74. The molecule has 0 aliphatic rings. The van der Waals surface area contributed by atoms with Gasteiger partial charge < -0.3 is 10.4 Å². The number of carbonyl (C=O) groups is 2. The maximum atomic E-state index is 11.9. The SMILES string of the molecule is Cn1nc(C(=O)NCc2ccc(CC(=O)O)cc2)cc1Br. The number of aryl methyl sites for hydroxylation is 1. The van der Waals surface area contributed by atoms with Crippen molar-refractivity contribution in [1.29, 1.82) is 0 Å². The minimum atomic E-state index is -0.864. The molecule has 21 heavy (non-hydrogen) atoms. The Bertz CT molecular complexity index is 645. The van der Waals surface area contributed by atoms with Gasteiger partial charge in [-0.2, -0.15) is 5.10 Å². The highest BCUT2D eigenvalue weighted by molar-refractivity contribution is 9.10. The van der Waals surface area contributed by atoms with E-state index in [1.165, 1.54) is 0 Å². The Kier molecular flexibility index (Phi) is 4.74. The number of amides is 1. The lowest BCUT2D eigenvalue weighted by atomic mass is 10.1. The molecule has 0 spiro atoms. The number of carboxylic acid groups (broad SMARTS) is 1. The third kappa shape index (κ3) is 4.16. The molecular formula is C14H14BrN3O3. The first-order chi connectivity index (χ1) is 9.95. The van der Waals surface area contributed by atoms with Gasteiger partial charge in [0.15, 0.2) is 5.69 Å². The van der Waals surface area contributed by atoms with Gasteiger partial charge in [-0.25, -0.2) is 0 Å². The number of benzene rings is 1. The topological polar surface area (TPSA) is 84.2 Å². The van der Waals surface area contributed by atoms with Crippen LogP contribution in [0.3, 0.4) is 0 Å². The molecule has 0 aliphatic carbocycles. The van der Waals surface area contributed by atoms with E-state index in [9.17, 15) is 9.59 Å². The van der Waals surface area contributed by atoms with E-state index in [4.69, 9.17) is 5.11 Å². The van der Waals surface area contributed by atoms with Gasteiger partial charge in [0.05, 0.1) is 6.42 Å². The summed E-state index contributed by atoms with van der Waals surface area (Å²) >= 11 is 3.28. The Morgan fingerprint density at radius 3 is 2.43 bits per heavy atom. The molecule has 0 radical (unpaired) electrons. The van der Waals surface area contributed by atoms with E-state index in [0.717, 1.165) is 15.7 Å². The van der Waals surface area contributed by atoms with Crippen molar-refractivity contribution in [3.63, 3.8) is 0 Å². The fraction of sp³-hybridized carbons (Fsp3) is 0.214. The van der Waals surface area contributed by atoms with Crippen LogP contribution in [-0.4, -0.2) is 26.8 Å². The summed E-state index contributed by atoms with van der Waals surface area (Å²) in [5.41, 5.74) is 1.96. The van der Waals surface area contributed by atoms with E-state index in [-0.39, 0.29) is 12.3 Å². The molecule has 1 aromatic carbocycles. The van der Waals surface area contributed by atoms with Crippen LogP contribution in [0.2, 0.25) is 0 Å². The fourth-order valence-corrected chi connectivity index (χ4v) is 2.07. The van der Waals surface area contributed by atoms with E-state index in [1.807, 2.05) is 0 Å². The van der Waals surface area contributed by atoms with Crippen LogP contribution in [0.4, 0.5) is 0 Å². The van der Waals surface area contributed by atoms with E-state index < -0.39 is 5.97 Å². The first-order valence-corrected chi connectivity index (χ1v) is 7.02. The third-order valence-corrected chi connectivity index (χ3v) is 3.63. The van der Waals surface area contributed by atoms with E-state index in [1.54, 1.807) is 42.1 Å². The van der Waals surface area contributed by atoms with E-state index in [0.29, 0.717) is 12.2 Å². The number of hydrogen-bond acceptors (Lipinski definition) is 3. The number of carbonyl (C=O) groups excluding carboxylic acids is 1. The average Bonchev–Trinajstić information content (AvgIpc) is 2.77.